The van der Waals surface area contributed by atoms with E-state index >= 15 is 0 Å². The predicted molar refractivity (Wildman–Crippen MR) is 105 cm³/mol. The molecule has 4 aliphatic carbocycles. The summed E-state index contributed by atoms with van der Waals surface area (Å²) in [7, 11) is 0. The Kier molecular flexibility index (Phi) is 3.41. The SMILES string of the molecule is Cc1nc(-c2ccc(NC(=O)C34CC5CC(C)(CC(C)(C5)C3)C4)cc2)n[nH]1. The van der Waals surface area contributed by atoms with Crippen molar-refractivity contribution in [1.29, 1.82) is 0 Å². The number of benzene rings is 1. The van der Waals surface area contributed by atoms with E-state index in [1.54, 1.807) is 0 Å². The summed E-state index contributed by atoms with van der Waals surface area (Å²) in [6.07, 6.45) is 7.07. The Morgan fingerprint density at radius 3 is 2.30 bits per heavy atom. The van der Waals surface area contributed by atoms with Crippen molar-refractivity contribution in [2.24, 2.45) is 22.2 Å². The van der Waals surface area contributed by atoms with E-state index in [0.717, 1.165) is 42.3 Å². The van der Waals surface area contributed by atoms with Gasteiger partial charge in [0, 0.05) is 11.3 Å². The fourth-order valence-electron chi connectivity index (χ4n) is 7.14. The summed E-state index contributed by atoms with van der Waals surface area (Å²) in [5.41, 5.74) is 2.33. The highest BCUT2D eigenvalue weighted by molar-refractivity contribution is 5.96. The van der Waals surface area contributed by atoms with Gasteiger partial charge in [0.1, 0.15) is 5.82 Å². The lowest BCUT2D eigenvalue weighted by atomic mass is 9.40. The molecule has 2 aromatic rings. The van der Waals surface area contributed by atoms with E-state index in [1.807, 2.05) is 31.2 Å². The van der Waals surface area contributed by atoms with Crippen molar-refractivity contribution in [3.05, 3.63) is 30.1 Å². The van der Waals surface area contributed by atoms with E-state index in [9.17, 15) is 4.79 Å². The minimum Gasteiger partial charge on any atom is -0.326 e. The highest BCUT2D eigenvalue weighted by Gasteiger charge is 2.62. The molecule has 1 aromatic heterocycles. The van der Waals surface area contributed by atoms with Gasteiger partial charge in [-0.2, -0.15) is 5.10 Å². The molecule has 4 saturated carbocycles. The summed E-state index contributed by atoms with van der Waals surface area (Å²) in [4.78, 5) is 17.7. The van der Waals surface area contributed by atoms with Crippen LogP contribution < -0.4 is 5.32 Å². The molecule has 6 rings (SSSR count). The highest BCUT2D eigenvalue weighted by atomic mass is 16.2. The first kappa shape index (κ1) is 17.0. The monoisotopic (exact) mass is 364 g/mol. The summed E-state index contributed by atoms with van der Waals surface area (Å²) >= 11 is 0. The number of nitrogens with one attached hydrogen (secondary N) is 2. The quantitative estimate of drug-likeness (QED) is 0.828. The largest absolute Gasteiger partial charge is 0.326 e. The number of aryl methyl sites for hydroxylation is 1. The predicted octanol–water partition coefficient (Wildman–Crippen LogP) is 4.72. The van der Waals surface area contributed by atoms with Crippen molar-refractivity contribution >= 4 is 11.6 Å². The molecule has 0 spiro atoms. The van der Waals surface area contributed by atoms with Gasteiger partial charge in [0.05, 0.1) is 5.41 Å². The van der Waals surface area contributed by atoms with Gasteiger partial charge in [-0.3, -0.25) is 9.89 Å². The number of anilines is 1. The van der Waals surface area contributed by atoms with Crippen molar-refractivity contribution < 1.29 is 4.79 Å². The number of amides is 1. The average molecular weight is 364 g/mol. The van der Waals surface area contributed by atoms with Crippen LogP contribution in [0.3, 0.4) is 0 Å². The summed E-state index contributed by atoms with van der Waals surface area (Å²) in [5, 5.41) is 10.3. The van der Waals surface area contributed by atoms with Gasteiger partial charge in [0.2, 0.25) is 5.91 Å². The van der Waals surface area contributed by atoms with Gasteiger partial charge in [0.15, 0.2) is 5.82 Å². The molecule has 27 heavy (non-hydrogen) atoms. The number of hydrogen-bond donors (Lipinski definition) is 2. The van der Waals surface area contributed by atoms with Crippen molar-refractivity contribution in [1.82, 2.24) is 15.2 Å². The van der Waals surface area contributed by atoms with Gasteiger partial charge >= 0.3 is 0 Å². The number of H-pyrrole nitrogens is 1. The van der Waals surface area contributed by atoms with Crippen molar-refractivity contribution in [3.8, 4) is 11.4 Å². The smallest absolute Gasteiger partial charge is 0.230 e. The molecule has 1 amide bonds. The van der Waals surface area contributed by atoms with Gasteiger partial charge in [-0.15, -0.1) is 0 Å². The molecule has 0 aliphatic heterocycles. The topological polar surface area (TPSA) is 70.7 Å². The fraction of sp³-hybridized carbons (Fsp3) is 0.591. The van der Waals surface area contributed by atoms with Crippen molar-refractivity contribution in [2.45, 2.75) is 59.3 Å². The van der Waals surface area contributed by atoms with Crippen LogP contribution >= 0.6 is 0 Å². The molecule has 4 aliphatic rings. The van der Waals surface area contributed by atoms with E-state index in [4.69, 9.17) is 0 Å². The van der Waals surface area contributed by atoms with Gasteiger partial charge in [-0.25, -0.2) is 4.98 Å². The molecule has 2 N–H and O–H groups in total. The first-order valence-electron chi connectivity index (χ1n) is 10.1. The average Bonchev–Trinajstić information content (AvgIpc) is 2.98. The van der Waals surface area contributed by atoms with Crippen LogP contribution in [0.2, 0.25) is 0 Å². The van der Waals surface area contributed by atoms with Crippen LogP contribution in [0, 0.1) is 29.1 Å². The summed E-state index contributed by atoms with van der Waals surface area (Å²) in [5.74, 6) is 2.43. The molecule has 142 valence electrons. The van der Waals surface area contributed by atoms with E-state index in [-0.39, 0.29) is 11.3 Å². The first-order chi connectivity index (χ1) is 12.8. The fourth-order valence-corrected chi connectivity index (χ4v) is 7.14. The van der Waals surface area contributed by atoms with Gasteiger partial charge in [-0.1, -0.05) is 13.8 Å². The molecule has 1 aromatic carbocycles. The maximum absolute atomic E-state index is 13.4. The maximum Gasteiger partial charge on any atom is 0.230 e. The van der Waals surface area contributed by atoms with Crippen LogP contribution in [0.4, 0.5) is 5.69 Å². The van der Waals surface area contributed by atoms with Crippen molar-refractivity contribution in [2.75, 3.05) is 5.32 Å². The molecule has 4 bridgehead atoms. The number of carbonyl (C=O) groups excluding carboxylic acids is 1. The molecular weight excluding hydrogens is 336 g/mol. The molecule has 0 saturated heterocycles. The van der Waals surface area contributed by atoms with Gasteiger partial charge in [-0.05, 0) is 86.5 Å². The molecular formula is C22H28N4O. The molecule has 5 heteroatoms. The lowest BCUT2D eigenvalue weighted by Crippen LogP contribution is -2.58. The zero-order chi connectivity index (χ0) is 18.9. The van der Waals surface area contributed by atoms with E-state index in [0.29, 0.717) is 16.7 Å². The molecule has 5 nitrogen and oxygen atoms in total. The van der Waals surface area contributed by atoms with Gasteiger partial charge < -0.3 is 5.32 Å². The number of hydrogen-bond acceptors (Lipinski definition) is 3. The minimum atomic E-state index is -0.178. The Morgan fingerprint density at radius 1 is 1.07 bits per heavy atom. The summed E-state index contributed by atoms with van der Waals surface area (Å²) in [6.45, 7) is 6.70. The van der Waals surface area contributed by atoms with Crippen LogP contribution in [0.15, 0.2) is 24.3 Å². The van der Waals surface area contributed by atoms with Crippen LogP contribution in [0.25, 0.3) is 11.4 Å². The molecule has 1 heterocycles. The van der Waals surface area contributed by atoms with E-state index in [1.165, 1.54) is 19.3 Å². The van der Waals surface area contributed by atoms with E-state index < -0.39 is 0 Å². The second-order valence-corrected chi connectivity index (χ2v) is 10.2. The zero-order valence-electron chi connectivity index (χ0n) is 16.4. The number of aromatic amines is 1. The Bertz CT molecular complexity index is 881. The lowest BCUT2D eigenvalue weighted by Gasteiger charge is -2.64. The molecule has 0 radical (unpaired) electrons. The third kappa shape index (κ3) is 2.79. The third-order valence-corrected chi connectivity index (χ3v) is 7.11. The zero-order valence-corrected chi connectivity index (χ0v) is 16.4. The van der Waals surface area contributed by atoms with E-state index in [2.05, 4.69) is 34.3 Å². The standard InChI is InChI=1S/C22H28N4O/c1-14-23-18(26-25-14)16-4-6-17(7-5-16)24-19(27)22-10-15-8-20(2,12-22)11-21(3,9-15)13-22/h4-7,15H,8-13H2,1-3H3,(H,24,27)(H,23,25,26). The normalized spacial score (nSPS) is 36.8. The van der Waals surface area contributed by atoms with Crippen LogP contribution in [-0.2, 0) is 4.79 Å². The van der Waals surface area contributed by atoms with Crippen LogP contribution in [0.1, 0.15) is 58.2 Å². The number of carbonyl (C=O) groups is 1. The highest BCUT2D eigenvalue weighted by Crippen LogP contribution is 2.69. The Hall–Kier alpha value is -2.17. The molecule has 4 fully saturated rings. The third-order valence-electron chi connectivity index (χ3n) is 7.11. The second kappa shape index (κ2) is 5.43. The second-order valence-electron chi connectivity index (χ2n) is 10.2. The van der Waals surface area contributed by atoms with Crippen LogP contribution in [-0.4, -0.2) is 21.1 Å². The number of nitrogens with zero attached hydrogens (tertiary/aromatic N) is 2. The van der Waals surface area contributed by atoms with Crippen molar-refractivity contribution in [3.63, 3.8) is 0 Å². The number of aromatic nitrogens is 3. The summed E-state index contributed by atoms with van der Waals surface area (Å²) < 4.78 is 0. The Labute approximate surface area is 160 Å². The molecule has 2 unspecified atom stereocenters. The summed E-state index contributed by atoms with van der Waals surface area (Å²) in [6, 6.07) is 7.87. The number of rotatable bonds is 3. The van der Waals surface area contributed by atoms with Gasteiger partial charge in [0.25, 0.3) is 0 Å². The lowest BCUT2D eigenvalue weighted by molar-refractivity contribution is -0.165. The maximum atomic E-state index is 13.4. The van der Waals surface area contributed by atoms with Crippen LogP contribution in [0.5, 0.6) is 0 Å². The first-order valence-corrected chi connectivity index (χ1v) is 10.1. The Balaban J connectivity index is 1.36. The minimum absolute atomic E-state index is 0.178. The molecule has 2 atom stereocenters. The Morgan fingerprint density at radius 2 is 1.74 bits per heavy atom.